The van der Waals surface area contributed by atoms with E-state index in [-0.39, 0.29) is 5.82 Å². The molecule has 0 radical (unpaired) electrons. The van der Waals surface area contributed by atoms with Gasteiger partial charge in [-0.1, -0.05) is 19.9 Å². The third kappa shape index (κ3) is 7.55. The van der Waals surface area contributed by atoms with Gasteiger partial charge in [0.15, 0.2) is 0 Å². The summed E-state index contributed by atoms with van der Waals surface area (Å²) >= 11 is 1.67. The molecule has 0 amide bonds. The Morgan fingerprint density at radius 2 is 2.16 bits per heavy atom. The van der Waals surface area contributed by atoms with Gasteiger partial charge in [0.25, 0.3) is 0 Å². The summed E-state index contributed by atoms with van der Waals surface area (Å²) in [5, 5.41) is 3.47. The van der Waals surface area contributed by atoms with E-state index in [1.807, 2.05) is 6.07 Å². The largest absolute Gasteiger partial charge is 0.380 e. The first-order valence-corrected chi connectivity index (χ1v) is 7.94. The predicted octanol–water partition coefficient (Wildman–Crippen LogP) is 3.71. The minimum absolute atomic E-state index is 0.176. The summed E-state index contributed by atoms with van der Waals surface area (Å²) in [5.41, 5.74) is 0. The standard InChI is InChI=1S/C15H24FNOS/c1-3-8-17-14(11-18-9-4-2)12-19-15-7-5-6-13(16)10-15/h5-7,10,14,17H,3-4,8-9,11-12H2,1-2H3. The van der Waals surface area contributed by atoms with Crippen LogP contribution in [0.1, 0.15) is 26.7 Å². The molecule has 0 saturated carbocycles. The van der Waals surface area contributed by atoms with Crippen molar-refractivity contribution in [2.75, 3.05) is 25.5 Å². The zero-order chi connectivity index (χ0) is 13.9. The van der Waals surface area contributed by atoms with Crippen molar-refractivity contribution in [1.82, 2.24) is 5.32 Å². The smallest absolute Gasteiger partial charge is 0.124 e. The topological polar surface area (TPSA) is 21.3 Å². The number of rotatable bonds is 10. The van der Waals surface area contributed by atoms with E-state index in [1.165, 1.54) is 6.07 Å². The van der Waals surface area contributed by atoms with E-state index in [2.05, 4.69) is 19.2 Å². The first-order valence-electron chi connectivity index (χ1n) is 6.95. The van der Waals surface area contributed by atoms with Crippen molar-refractivity contribution in [2.24, 2.45) is 0 Å². The van der Waals surface area contributed by atoms with Crippen molar-refractivity contribution in [3.63, 3.8) is 0 Å². The minimum atomic E-state index is -0.176. The van der Waals surface area contributed by atoms with Crippen molar-refractivity contribution in [1.29, 1.82) is 0 Å². The molecule has 0 bridgehead atoms. The third-order valence-electron chi connectivity index (χ3n) is 2.60. The lowest BCUT2D eigenvalue weighted by Crippen LogP contribution is -2.36. The molecule has 0 aliphatic carbocycles. The molecular formula is C15H24FNOS. The molecule has 1 N–H and O–H groups in total. The molecule has 0 fully saturated rings. The fraction of sp³-hybridized carbons (Fsp3) is 0.600. The summed E-state index contributed by atoms with van der Waals surface area (Å²) in [6.45, 7) is 6.77. The second kappa shape index (κ2) is 10.2. The Bertz CT molecular complexity index is 349. The lowest BCUT2D eigenvalue weighted by Gasteiger charge is -2.18. The quantitative estimate of drug-likeness (QED) is 0.523. The third-order valence-corrected chi connectivity index (χ3v) is 3.75. The zero-order valence-electron chi connectivity index (χ0n) is 11.8. The summed E-state index contributed by atoms with van der Waals surface area (Å²) in [6.07, 6.45) is 2.15. The van der Waals surface area contributed by atoms with Gasteiger partial charge in [0.05, 0.1) is 6.61 Å². The zero-order valence-corrected chi connectivity index (χ0v) is 12.6. The van der Waals surface area contributed by atoms with Crippen LogP contribution < -0.4 is 5.32 Å². The number of thioether (sulfide) groups is 1. The summed E-state index contributed by atoms with van der Waals surface area (Å²) in [6, 6.07) is 7.06. The molecular weight excluding hydrogens is 261 g/mol. The number of hydrogen-bond donors (Lipinski definition) is 1. The van der Waals surface area contributed by atoms with Crippen LogP contribution in [0, 0.1) is 5.82 Å². The first kappa shape index (κ1) is 16.5. The minimum Gasteiger partial charge on any atom is -0.380 e. The van der Waals surface area contributed by atoms with E-state index < -0.39 is 0 Å². The molecule has 0 aromatic heterocycles. The van der Waals surface area contributed by atoms with Gasteiger partial charge in [-0.2, -0.15) is 0 Å². The van der Waals surface area contributed by atoms with Gasteiger partial charge in [-0.05, 0) is 37.6 Å². The summed E-state index contributed by atoms with van der Waals surface area (Å²) in [7, 11) is 0. The Labute approximate surface area is 120 Å². The van der Waals surface area contributed by atoms with E-state index in [1.54, 1.807) is 23.9 Å². The van der Waals surface area contributed by atoms with Crippen molar-refractivity contribution in [3.8, 4) is 0 Å². The molecule has 1 unspecified atom stereocenters. The van der Waals surface area contributed by atoms with E-state index in [9.17, 15) is 4.39 Å². The van der Waals surface area contributed by atoms with Crippen LogP contribution in [-0.2, 0) is 4.74 Å². The van der Waals surface area contributed by atoms with Crippen LogP contribution in [0.25, 0.3) is 0 Å². The van der Waals surface area contributed by atoms with Crippen molar-refractivity contribution in [2.45, 2.75) is 37.6 Å². The van der Waals surface area contributed by atoms with Gasteiger partial charge in [-0.3, -0.25) is 0 Å². The fourth-order valence-electron chi connectivity index (χ4n) is 1.64. The molecule has 19 heavy (non-hydrogen) atoms. The molecule has 2 nitrogen and oxygen atoms in total. The second-order valence-corrected chi connectivity index (χ2v) is 5.59. The van der Waals surface area contributed by atoms with Gasteiger partial charge < -0.3 is 10.1 Å². The molecule has 0 aliphatic rings. The van der Waals surface area contributed by atoms with Gasteiger partial charge >= 0.3 is 0 Å². The maximum absolute atomic E-state index is 13.1. The molecule has 108 valence electrons. The molecule has 1 atom stereocenters. The van der Waals surface area contributed by atoms with Gasteiger partial charge in [-0.15, -0.1) is 11.8 Å². The number of hydrogen-bond acceptors (Lipinski definition) is 3. The highest BCUT2D eigenvalue weighted by Gasteiger charge is 2.09. The van der Waals surface area contributed by atoms with Crippen LogP contribution >= 0.6 is 11.8 Å². The van der Waals surface area contributed by atoms with E-state index in [0.29, 0.717) is 6.04 Å². The molecule has 1 rings (SSSR count). The lowest BCUT2D eigenvalue weighted by molar-refractivity contribution is 0.117. The van der Waals surface area contributed by atoms with Crippen LogP contribution in [-0.4, -0.2) is 31.6 Å². The fourth-order valence-corrected chi connectivity index (χ4v) is 2.62. The molecule has 0 aliphatic heterocycles. The highest BCUT2D eigenvalue weighted by Crippen LogP contribution is 2.19. The summed E-state index contributed by atoms with van der Waals surface area (Å²) < 4.78 is 18.7. The van der Waals surface area contributed by atoms with Crippen LogP contribution in [0.5, 0.6) is 0 Å². The van der Waals surface area contributed by atoms with Crippen molar-refractivity contribution >= 4 is 11.8 Å². The maximum atomic E-state index is 13.1. The monoisotopic (exact) mass is 285 g/mol. The van der Waals surface area contributed by atoms with Gasteiger partial charge in [0.1, 0.15) is 5.82 Å². The van der Waals surface area contributed by atoms with Crippen LogP contribution in [0.2, 0.25) is 0 Å². The highest BCUT2D eigenvalue weighted by atomic mass is 32.2. The Kier molecular flexibility index (Phi) is 8.88. The molecule has 0 saturated heterocycles. The number of benzene rings is 1. The van der Waals surface area contributed by atoms with E-state index in [4.69, 9.17) is 4.74 Å². The first-order chi connectivity index (χ1) is 9.26. The Hall–Kier alpha value is -0.580. The SMILES string of the molecule is CCCNC(COCCC)CSc1cccc(F)c1. The molecule has 0 heterocycles. The van der Waals surface area contributed by atoms with Gasteiger partial charge in [0.2, 0.25) is 0 Å². The Balaban J connectivity index is 2.37. The van der Waals surface area contributed by atoms with Crippen molar-refractivity contribution in [3.05, 3.63) is 30.1 Å². The van der Waals surface area contributed by atoms with Crippen LogP contribution in [0.4, 0.5) is 4.39 Å². The average molecular weight is 285 g/mol. The second-order valence-electron chi connectivity index (χ2n) is 4.49. The van der Waals surface area contributed by atoms with Crippen molar-refractivity contribution < 1.29 is 9.13 Å². The van der Waals surface area contributed by atoms with Crippen LogP contribution in [0.15, 0.2) is 29.2 Å². The predicted molar refractivity (Wildman–Crippen MR) is 80.3 cm³/mol. The molecule has 4 heteroatoms. The number of nitrogens with one attached hydrogen (secondary N) is 1. The van der Waals surface area contributed by atoms with Gasteiger partial charge in [-0.25, -0.2) is 4.39 Å². The summed E-state index contributed by atoms with van der Waals surface area (Å²) in [4.78, 5) is 0.971. The Morgan fingerprint density at radius 1 is 1.32 bits per heavy atom. The molecule has 1 aromatic carbocycles. The number of ether oxygens (including phenoxy) is 1. The van der Waals surface area contributed by atoms with Crippen LogP contribution in [0.3, 0.4) is 0 Å². The van der Waals surface area contributed by atoms with Gasteiger partial charge in [0, 0.05) is 23.3 Å². The number of halogens is 1. The average Bonchev–Trinajstić information content (AvgIpc) is 2.41. The lowest BCUT2D eigenvalue weighted by atomic mass is 10.3. The molecule has 1 aromatic rings. The maximum Gasteiger partial charge on any atom is 0.124 e. The molecule has 0 spiro atoms. The summed E-state index contributed by atoms with van der Waals surface area (Å²) in [5.74, 6) is 0.720. The normalized spacial score (nSPS) is 12.6. The van der Waals surface area contributed by atoms with E-state index in [0.717, 1.165) is 43.2 Å². The Morgan fingerprint density at radius 3 is 2.84 bits per heavy atom. The highest BCUT2D eigenvalue weighted by molar-refractivity contribution is 7.99. The van der Waals surface area contributed by atoms with E-state index >= 15 is 0 Å².